The molecule has 0 saturated carbocycles. The van der Waals surface area contributed by atoms with Crippen LogP contribution in [0.5, 0.6) is 17.2 Å². The maximum Gasteiger partial charge on any atom is 0.434 e. The van der Waals surface area contributed by atoms with Gasteiger partial charge >= 0.3 is 12.1 Å². The minimum absolute atomic E-state index is 0.0641. The molecule has 1 aliphatic carbocycles. The Morgan fingerprint density at radius 3 is 2.08 bits per heavy atom. The molecule has 0 atom stereocenters. The molecule has 9 nitrogen and oxygen atoms in total. The van der Waals surface area contributed by atoms with Crippen LogP contribution in [0.3, 0.4) is 0 Å². The molecule has 4 rings (SSSR count). The first-order valence-electron chi connectivity index (χ1n) is 11.9. The summed E-state index contributed by atoms with van der Waals surface area (Å²) >= 11 is 0. The molecular formula is C29H29NO8. The van der Waals surface area contributed by atoms with Crippen LogP contribution in [0.15, 0.2) is 73.3 Å². The van der Waals surface area contributed by atoms with Crippen LogP contribution in [-0.4, -0.2) is 56.3 Å². The first kappa shape index (κ1) is 26.6. The quantitative estimate of drug-likeness (QED) is 0.262. The third-order valence-corrected chi connectivity index (χ3v) is 6.13. The van der Waals surface area contributed by atoms with E-state index in [2.05, 4.69) is 18.7 Å². The molecule has 0 radical (unpaired) electrons. The zero-order chi connectivity index (χ0) is 27.1. The first-order valence-corrected chi connectivity index (χ1v) is 11.9. The highest BCUT2D eigenvalue weighted by Crippen LogP contribution is 2.44. The second-order valence-corrected chi connectivity index (χ2v) is 8.41. The number of aliphatic carboxylic acids is 1. The number of nitrogens with zero attached hydrogens (tertiary/aromatic N) is 1. The van der Waals surface area contributed by atoms with Crippen molar-refractivity contribution in [1.82, 2.24) is 5.06 Å². The summed E-state index contributed by atoms with van der Waals surface area (Å²) in [6.07, 6.45) is 0.824. The summed E-state index contributed by atoms with van der Waals surface area (Å²) < 4.78 is 22.0. The summed E-state index contributed by atoms with van der Waals surface area (Å²) in [6, 6.07) is 19.2. The summed E-state index contributed by atoms with van der Waals surface area (Å²) in [5, 5.41) is 9.99. The zero-order valence-corrected chi connectivity index (χ0v) is 21.2. The average molecular weight is 520 g/mol. The third-order valence-electron chi connectivity index (χ3n) is 6.13. The molecule has 0 unspecified atom stereocenters. The van der Waals surface area contributed by atoms with Crippen molar-refractivity contribution in [2.45, 2.75) is 12.5 Å². The Hall–Kier alpha value is -4.50. The molecule has 0 fully saturated rings. The topological polar surface area (TPSA) is 104 Å². The van der Waals surface area contributed by atoms with E-state index < -0.39 is 18.7 Å². The fourth-order valence-corrected chi connectivity index (χ4v) is 4.46. The van der Waals surface area contributed by atoms with Crippen LogP contribution in [0.2, 0.25) is 0 Å². The maximum absolute atomic E-state index is 13.3. The predicted molar refractivity (Wildman–Crippen MR) is 139 cm³/mol. The number of fused-ring (bicyclic) bond motifs is 3. The van der Waals surface area contributed by atoms with Gasteiger partial charge in [0.15, 0.2) is 6.61 Å². The monoisotopic (exact) mass is 519 g/mol. The Morgan fingerprint density at radius 1 is 0.974 bits per heavy atom. The standard InChI is InChI=1S/C29H29NO8/c1-4-13-38-30(16-24-26(34-2)14-19(15-27(24)35-3)36-18-28(31)32)29(33)37-17-25-22-11-7-5-9-20(22)21-10-6-8-12-23(21)25/h4-12,14-15,25H,1,13,16-18H2,2-3H3,(H,31,32). The van der Waals surface area contributed by atoms with Crippen LogP contribution in [-0.2, 0) is 20.9 Å². The fourth-order valence-electron chi connectivity index (χ4n) is 4.46. The highest BCUT2D eigenvalue weighted by atomic mass is 16.7. The summed E-state index contributed by atoms with van der Waals surface area (Å²) in [5.74, 6) is -0.343. The molecule has 1 N–H and O–H groups in total. The highest BCUT2D eigenvalue weighted by Gasteiger charge is 2.30. The van der Waals surface area contributed by atoms with Crippen molar-refractivity contribution in [3.05, 3.63) is 90.0 Å². The number of carboxylic acids is 1. The lowest BCUT2D eigenvalue weighted by atomic mass is 9.98. The summed E-state index contributed by atoms with van der Waals surface area (Å²) in [7, 11) is 2.89. The summed E-state index contributed by atoms with van der Waals surface area (Å²) in [6.45, 7) is 3.24. The van der Waals surface area contributed by atoms with Gasteiger partial charge in [0.25, 0.3) is 0 Å². The van der Waals surface area contributed by atoms with E-state index in [1.807, 2.05) is 36.4 Å². The molecule has 0 bridgehead atoms. The van der Waals surface area contributed by atoms with Crippen molar-refractivity contribution >= 4 is 12.1 Å². The molecule has 38 heavy (non-hydrogen) atoms. The molecule has 198 valence electrons. The minimum atomic E-state index is -1.12. The van der Waals surface area contributed by atoms with Crippen molar-refractivity contribution in [2.75, 3.05) is 34.0 Å². The lowest BCUT2D eigenvalue weighted by molar-refractivity contribution is -0.139. The van der Waals surface area contributed by atoms with E-state index in [0.717, 1.165) is 27.3 Å². The normalized spacial score (nSPS) is 11.7. The van der Waals surface area contributed by atoms with Crippen LogP contribution in [0, 0.1) is 0 Å². The molecule has 0 aromatic heterocycles. The fraction of sp³-hybridized carbons (Fsp3) is 0.241. The van der Waals surface area contributed by atoms with Gasteiger partial charge in [0.1, 0.15) is 23.9 Å². The Morgan fingerprint density at radius 2 is 1.55 bits per heavy atom. The average Bonchev–Trinajstić information content (AvgIpc) is 3.26. The second-order valence-electron chi connectivity index (χ2n) is 8.41. The molecule has 1 amide bonds. The number of carboxylic acid groups (broad SMARTS) is 1. The SMILES string of the molecule is C=CCON(Cc1c(OC)cc(OCC(=O)O)cc1OC)C(=O)OCC1c2ccccc2-c2ccccc21. The van der Waals surface area contributed by atoms with Gasteiger partial charge in [-0.2, -0.15) is 5.06 Å². The van der Waals surface area contributed by atoms with E-state index in [4.69, 9.17) is 28.9 Å². The van der Waals surface area contributed by atoms with Crippen LogP contribution in [0.4, 0.5) is 4.79 Å². The van der Waals surface area contributed by atoms with Crippen LogP contribution < -0.4 is 14.2 Å². The smallest absolute Gasteiger partial charge is 0.434 e. The van der Waals surface area contributed by atoms with E-state index in [1.54, 1.807) is 0 Å². The Kier molecular flexibility index (Phi) is 8.50. The van der Waals surface area contributed by atoms with Gasteiger partial charge < -0.3 is 24.1 Å². The lowest BCUT2D eigenvalue weighted by Crippen LogP contribution is -2.32. The third kappa shape index (κ3) is 5.73. The van der Waals surface area contributed by atoms with Gasteiger partial charge in [0.2, 0.25) is 0 Å². The van der Waals surface area contributed by atoms with Gasteiger partial charge in [-0.3, -0.25) is 4.84 Å². The molecule has 3 aromatic rings. The van der Waals surface area contributed by atoms with Crippen molar-refractivity contribution in [1.29, 1.82) is 0 Å². The predicted octanol–water partition coefficient (Wildman–Crippen LogP) is 5.04. The number of hydroxylamine groups is 2. The number of methoxy groups -OCH3 is 2. The molecule has 0 spiro atoms. The number of amides is 1. The number of ether oxygens (including phenoxy) is 4. The van der Waals surface area contributed by atoms with Crippen molar-refractivity contribution in [3.63, 3.8) is 0 Å². The lowest BCUT2D eigenvalue weighted by Gasteiger charge is -2.24. The summed E-state index contributed by atoms with van der Waals surface area (Å²) in [4.78, 5) is 29.8. The Balaban J connectivity index is 1.54. The second kappa shape index (κ2) is 12.2. The highest BCUT2D eigenvalue weighted by molar-refractivity contribution is 5.79. The largest absolute Gasteiger partial charge is 0.496 e. The maximum atomic E-state index is 13.3. The minimum Gasteiger partial charge on any atom is -0.496 e. The van der Waals surface area contributed by atoms with E-state index in [9.17, 15) is 9.59 Å². The van der Waals surface area contributed by atoms with E-state index >= 15 is 0 Å². The van der Waals surface area contributed by atoms with Crippen LogP contribution in [0.25, 0.3) is 11.1 Å². The van der Waals surface area contributed by atoms with E-state index in [-0.39, 0.29) is 31.4 Å². The van der Waals surface area contributed by atoms with Crippen molar-refractivity contribution in [3.8, 4) is 28.4 Å². The van der Waals surface area contributed by atoms with Gasteiger partial charge in [-0.1, -0.05) is 54.6 Å². The van der Waals surface area contributed by atoms with E-state index in [1.165, 1.54) is 32.4 Å². The first-order chi connectivity index (χ1) is 18.5. The van der Waals surface area contributed by atoms with Crippen LogP contribution >= 0.6 is 0 Å². The van der Waals surface area contributed by atoms with Gasteiger partial charge in [-0.15, -0.1) is 6.58 Å². The molecule has 3 aromatic carbocycles. The number of carbonyl (C=O) groups excluding carboxylic acids is 1. The molecular weight excluding hydrogens is 490 g/mol. The molecule has 0 heterocycles. The van der Waals surface area contributed by atoms with Gasteiger partial charge in [-0.05, 0) is 22.3 Å². The van der Waals surface area contributed by atoms with Crippen molar-refractivity contribution < 1.29 is 38.5 Å². The van der Waals surface area contributed by atoms with Crippen LogP contribution in [0.1, 0.15) is 22.6 Å². The molecule has 0 saturated heterocycles. The molecule has 1 aliphatic rings. The number of benzene rings is 3. The van der Waals surface area contributed by atoms with Gasteiger partial charge in [0.05, 0.1) is 32.9 Å². The number of hydrogen-bond acceptors (Lipinski definition) is 7. The number of hydrogen-bond donors (Lipinski definition) is 1. The molecule has 9 heteroatoms. The summed E-state index contributed by atoms with van der Waals surface area (Å²) in [5.41, 5.74) is 4.93. The molecule has 0 aliphatic heterocycles. The van der Waals surface area contributed by atoms with E-state index in [0.29, 0.717) is 17.1 Å². The van der Waals surface area contributed by atoms with Gasteiger partial charge in [0, 0.05) is 18.1 Å². The van der Waals surface area contributed by atoms with Crippen molar-refractivity contribution in [2.24, 2.45) is 0 Å². The number of carbonyl (C=O) groups is 2. The Bertz CT molecular complexity index is 1250. The Labute approximate surface area is 220 Å². The zero-order valence-electron chi connectivity index (χ0n) is 21.2. The number of rotatable bonds is 12. The van der Waals surface area contributed by atoms with Gasteiger partial charge in [-0.25, -0.2) is 9.59 Å².